The molecule has 36 heavy (non-hydrogen) atoms. The Morgan fingerprint density at radius 1 is 0.944 bits per heavy atom. The highest BCUT2D eigenvalue weighted by Crippen LogP contribution is 2.50. The zero-order valence-electron chi connectivity index (χ0n) is 23.1. The molecule has 4 rings (SSSR count). The third-order valence-corrected chi connectivity index (χ3v) is 14.3. The minimum absolute atomic E-state index is 0.326. The van der Waals surface area contributed by atoms with E-state index in [4.69, 9.17) is 0 Å². The van der Waals surface area contributed by atoms with Crippen molar-refractivity contribution in [3.8, 4) is 0 Å². The normalized spacial score (nSPS) is 16.2. The van der Waals surface area contributed by atoms with E-state index >= 15 is 0 Å². The summed E-state index contributed by atoms with van der Waals surface area (Å²) in [5, 5.41) is 12.5. The highest BCUT2D eigenvalue weighted by Gasteiger charge is 2.51. The van der Waals surface area contributed by atoms with E-state index in [1.54, 1.807) is 12.1 Å². The van der Waals surface area contributed by atoms with E-state index in [0.717, 1.165) is 11.1 Å². The fourth-order valence-electron chi connectivity index (χ4n) is 6.31. The predicted molar refractivity (Wildman–Crippen MR) is 155 cm³/mol. The largest absolute Gasteiger partial charge is 0.478 e. The first-order valence-electron chi connectivity index (χ1n) is 12.8. The minimum Gasteiger partial charge on any atom is -0.478 e. The van der Waals surface area contributed by atoms with Crippen LogP contribution >= 0.6 is 0 Å². The van der Waals surface area contributed by atoms with Crippen molar-refractivity contribution < 1.29 is 14.5 Å². The molecule has 2 aliphatic rings. The lowest BCUT2D eigenvalue weighted by Gasteiger charge is -2.48. The first kappa shape index (κ1) is 25.9. The first-order valence-corrected chi connectivity index (χ1v) is 14.9. The molecule has 4 nitrogen and oxygen atoms in total. The number of carbonyl (C=O) groups is 1. The number of hydrogen-bond acceptors (Lipinski definition) is 2. The van der Waals surface area contributed by atoms with Gasteiger partial charge in [0.15, 0.2) is 5.71 Å². The van der Waals surface area contributed by atoms with Gasteiger partial charge in [-0.3, -0.25) is 0 Å². The molecule has 0 radical (unpaired) electrons. The van der Waals surface area contributed by atoms with Crippen LogP contribution in [0.2, 0.25) is 11.1 Å². The second-order valence-electron chi connectivity index (χ2n) is 11.1. The summed E-state index contributed by atoms with van der Waals surface area (Å²) in [5.41, 5.74) is 9.67. The average molecular weight is 500 g/mol. The average Bonchev–Trinajstić information content (AvgIpc) is 2.81. The van der Waals surface area contributed by atoms with Gasteiger partial charge in [-0.15, -0.1) is 0 Å². The van der Waals surface area contributed by atoms with Crippen molar-refractivity contribution in [1.29, 1.82) is 0 Å². The van der Waals surface area contributed by atoms with Gasteiger partial charge >= 0.3 is 5.97 Å². The Bertz CT molecular complexity index is 1360. The van der Waals surface area contributed by atoms with Crippen LogP contribution in [0, 0.1) is 6.92 Å². The second-order valence-corrected chi connectivity index (χ2v) is 16.3. The van der Waals surface area contributed by atoms with Crippen molar-refractivity contribution in [2.75, 3.05) is 33.1 Å². The van der Waals surface area contributed by atoms with E-state index < -0.39 is 14.0 Å². The predicted octanol–water partition coefficient (Wildman–Crippen LogP) is 5.80. The smallest absolute Gasteiger partial charge is 0.335 e. The molecular formula is C31H39N2O2Si+. The Morgan fingerprint density at radius 2 is 1.58 bits per heavy atom. The Hall–Kier alpha value is -3.18. The molecule has 1 aliphatic carbocycles. The van der Waals surface area contributed by atoms with Crippen LogP contribution < -0.4 is 10.1 Å². The summed E-state index contributed by atoms with van der Waals surface area (Å²) >= 11 is 0. The molecule has 188 valence electrons. The first-order chi connectivity index (χ1) is 16.9. The molecule has 0 amide bonds. The molecule has 5 heteroatoms. The third-order valence-electron chi connectivity index (χ3n) is 8.03. The summed E-state index contributed by atoms with van der Waals surface area (Å²) in [7, 11) is 6.21. The lowest BCUT2D eigenvalue weighted by Crippen LogP contribution is -2.59. The van der Waals surface area contributed by atoms with Gasteiger partial charge in [-0.05, 0) is 86.6 Å². The van der Waals surface area contributed by atoms with Crippen LogP contribution in [-0.4, -0.2) is 57.6 Å². The van der Waals surface area contributed by atoms with E-state index in [-0.39, 0.29) is 0 Å². The summed E-state index contributed by atoms with van der Waals surface area (Å²) in [5.74, 6) is -0.892. The van der Waals surface area contributed by atoms with Crippen LogP contribution in [0.1, 0.15) is 54.7 Å². The van der Waals surface area contributed by atoms with Crippen LogP contribution in [0.15, 0.2) is 65.4 Å². The van der Waals surface area contributed by atoms with Gasteiger partial charge in [0.1, 0.15) is 22.2 Å². The van der Waals surface area contributed by atoms with Gasteiger partial charge in [0.2, 0.25) is 0 Å². The van der Waals surface area contributed by atoms with E-state index in [9.17, 15) is 9.90 Å². The van der Waals surface area contributed by atoms with Gasteiger partial charge in [-0.25, -0.2) is 9.37 Å². The number of aromatic carboxylic acids is 1. The number of benzene rings is 2. The molecule has 1 N–H and O–H groups in total. The van der Waals surface area contributed by atoms with Crippen LogP contribution in [-0.2, 0) is 0 Å². The quantitative estimate of drug-likeness (QED) is 0.418. The fourth-order valence-corrected chi connectivity index (χ4v) is 12.5. The summed E-state index contributed by atoms with van der Waals surface area (Å²) < 4.78 is 2.19. The maximum atomic E-state index is 11.7. The van der Waals surface area contributed by atoms with Crippen LogP contribution in [0.3, 0.4) is 0 Å². The number of aryl methyl sites for hydroxylation is 1. The molecule has 0 saturated heterocycles. The van der Waals surface area contributed by atoms with Gasteiger partial charge in [0, 0.05) is 31.9 Å². The molecule has 0 saturated carbocycles. The van der Waals surface area contributed by atoms with Crippen molar-refractivity contribution in [1.82, 2.24) is 0 Å². The summed E-state index contributed by atoms with van der Waals surface area (Å²) in [4.78, 5) is 13.9. The summed E-state index contributed by atoms with van der Waals surface area (Å²) in [6, 6.07) is 12.5. The van der Waals surface area contributed by atoms with Crippen molar-refractivity contribution in [3.05, 3.63) is 87.6 Å². The highest BCUT2D eigenvalue weighted by molar-refractivity contribution is 7.01. The van der Waals surface area contributed by atoms with Gasteiger partial charge in [0.25, 0.3) is 0 Å². The standard InChI is InChI=1S/C31H38N2O2Si/c1-19(2)36(20(3)4)28-17-23(32(6)7)11-14-26(28)30(25-13-10-22(31(34)35)16-21(25)5)27-15-12-24(33(8)9)18-29(27)36/h10-20H,1-9H3/p+1. The van der Waals surface area contributed by atoms with Crippen molar-refractivity contribution in [2.24, 2.45) is 0 Å². The number of hydrogen-bond donors (Lipinski definition) is 1. The number of carboxylic acids is 1. The molecule has 0 unspecified atom stereocenters. The number of carboxylic acid groups (broad SMARTS) is 1. The lowest BCUT2D eigenvalue weighted by atomic mass is 9.87. The SMILES string of the molecule is Cc1cc(C(=O)O)ccc1C1=C2C=CC(=[N+](C)C)C=C2[Si](C(C)C)(C(C)C)c2cc(N(C)C)ccc21. The molecule has 0 fully saturated rings. The summed E-state index contributed by atoms with van der Waals surface area (Å²) in [6.07, 6.45) is 6.96. The molecule has 0 atom stereocenters. The topological polar surface area (TPSA) is 43.5 Å². The number of nitrogens with zero attached hydrogens (tertiary/aromatic N) is 2. The minimum atomic E-state index is -2.22. The number of fused-ring (bicyclic) bond motifs is 2. The maximum Gasteiger partial charge on any atom is 0.335 e. The Labute approximate surface area is 217 Å². The zero-order valence-corrected chi connectivity index (χ0v) is 24.1. The third kappa shape index (κ3) is 3.90. The lowest BCUT2D eigenvalue weighted by molar-refractivity contribution is -0.462. The molecule has 2 aromatic rings. The Kier molecular flexibility index (Phi) is 6.73. The number of rotatable bonds is 5. The van der Waals surface area contributed by atoms with Gasteiger partial charge in [-0.2, -0.15) is 0 Å². The van der Waals surface area contributed by atoms with Gasteiger partial charge < -0.3 is 10.0 Å². The van der Waals surface area contributed by atoms with E-state index in [1.165, 1.54) is 38.5 Å². The number of anilines is 1. The van der Waals surface area contributed by atoms with Crippen LogP contribution in [0.4, 0.5) is 5.69 Å². The van der Waals surface area contributed by atoms with Crippen molar-refractivity contribution in [2.45, 2.75) is 45.7 Å². The Balaban J connectivity index is 2.19. The summed E-state index contributed by atoms with van der Waals surface area (Å²) in [6.45, 7) is 11.6. The van der Waals surface area contributed by atoms with Crippen molar-refractivity contribution in [3.63, 3.8) is 0 Å². The van der Waals surface area contributed by atoms with Gasteiger partial charge in [-0.1, -0.05) is 39.8 Å². The van der Waals surface area contributed by atoms with E-state index in [2.05, 4.69) is 102 Å². The van der Waals surface area contributed by atoms with Crippen LogP contribution in [0.25, 0.3) is 5.57 Å². The molecular weight excluding hydrogens is 460 g/mol. The molecule has 1 heterocycles. The molecule has 0 spiro atoms. The maximum absolute atomic E-state index is 11.7. The molecule has 2 aromatic carbocycles. The molecule has 1 aliphatic heterocycles. The Morgan fingerprint density at radius 3 is 2.11 bits per heavy atom. The second kappa shape index (κ2) is 9.36. The van der Waals surface area contributed by atoms with E-state index in [0.29, 0.717) is 16.6 Å². The fraction of sp³-hybridized carbons (Fsp3) is 0.355. The van der Waals surface area contributed by atoms with Crippen molar-refractivity contribution >= 4 is 36.2 Å². The van der Waals surface area contributed by atoms with Gasteiger partial charge in [0.05, 0.1) is 5.56 Å². The number of allylic oxidation sites excluding steroid dienone is 5. The molecule has 0 aromatic heterocycles. The zero-order chi connectivity index (χ0) is 26.5. The van der Waals surface area contributed by atoms with E-state index in [1.807, 2.05) is 13.0 Å². The monoisotopic (exact) mass is 499 g/mol. The molecule has 0 bridgehead atoms. The van der Waals surface area contributed by atoms with Crippen LogP contribution in [0.5, 0.6) is 0 Å². The highest BCUT2D eigenvalue weighted by atomic mass is 28.3.